The van der Waals surface area contributed by atoms with Crippen LogP contribution in [0.1, 0.15) is 37.0 Å². The number of aromatic nitrogens is 1. The highest BCUT2D eigenvalue weighted by molar-refractivity contribution is 5.95. The molecule has 0 saturated heterocycles. The molecule has 84 valence electrons. The molecule has 0 saturated carbocycles. The van der Waals surface area contributed by atoms with E-state index in [2.05, 4.69) is 0 Å². The first-order valence-corrected chi connectivity index (χ1v) is 5.47. The number of hydrogen-bond acceptors (Lipinski definition) is 2. The summed E-state index contributed by atoms with van der Waals surface area (Å²) in [6.07, 6.45) is 5.26. The normalized spacial score (nSPS) is 12.7. The second-order valence-electron chi connectivity index (χ2n) is 4.06. The molecule has 3 heteroatoms. The molecule has 0 spiro atoms. The molecule has 0 fully saturated rings. The van der Waals surface area contributed by atoms with E-state index in [1.165, 1.54) is 0 Å². The van der Waals surface area contributed by atoms with E-state index in [0.29, 0.717) is 6.42 Å². The Morgan fingerprint density at radius 1 is 1.60 bits per heavy atom. The maximum absolute atomic E-state index is 11.6. The Balaban J connectivity index is 2.59. The first kappa shape index (κ1) is 12.0. The van der Waals surface area contributed by atoms with Crippen molar-refractivity contribution in [2.75, 3.05) is 6.61 Å². The number of hydrogen-bond donors (Lipinski definition) is 1. The van der Waals surface area contributed by atoms with Crippen LogP contribution in [0.3, 0.4) is 0 Å². The Morgan fingerprint density at radius 2 is 2.33 bits per heavy atom. The fourth-order valence-electron chi connectivity index (χ4n) is 1.51. The van der Waals surface area contributed by atoms with E-state index in [1.807, 2.05) is 36.9 Å². The van der Waals surface area contributed by atoms with Gasteiger partial charge < -0.3 is 9.67 Å². The summed E-state index contributed by atoms with van der Waals surface area (Å²) in [4.78, 5) is 11.6. The fourth-order valence-corrected chi connectivity index (χ4v) is 1.51. The monoisotopic (exact) mass is 209 g/mol. The Kier molecular flexibility index (Phi) is 4.56. The van der Waals surface area contributed by atoms with Gasteiger partial charge in [0.1, 0.15) is 0 Å². The number of carbonyl (C=O) groups excluding carboxylic acids is 1. The quantitative estimate of drug-likeness (QED) is 0.729. The molecule has 3 nitrogen and oxygen atoms in total. The van der Waals surface area contributed by atoms with Gasteiger partial charge in [0.25, 0.3) is 0 Å². The van der Waals surface area contributed by atoms with Crippen molar-refractivity contribution in [3.63, 3.8) is 0 Å². The van der Waals surface area contributed by atoms with E-state index in [4.69, 9.17) is 5.11 Å². The topological polar surface area (TPSA) is 42.2 Å². The second-order valence-corrected chi connectivity index (χ2v) is 4.06. The number of aliphatic hydroxyl groups is 1. The van der Waals surface area contributed by atoms with Crippen LogP contribution < -0.4 is 0 Å². The number of rotatable bonds is 6. The number of nitrogens with zero attached hydrogens (tertiary/aromatic N) is 1. The number of Topliss-reactive ketones (excluding diaryl/α,β-unsaturated/α-hetero) is 1. The van der Waals surface area contributed by atoms with Crippen LogP contribution >= 0.6 is 0 Å². The Labute approximate surface area is 90.7 Å². The van der Waals surface area contributed by atoms with Crippen molar-refractivity contribution in [3.8, 4) is 0 Å². The molecule has 1 unspecified atom stereocenters. The van der Waals surface area contributed by atoms with Crippen LogP contribution in [0.15, 0.2) is 18.5 Å². The number of carbonyl (C=O) groups is 1. The minimum Gasteiger partial charge on any atom is -0.396 e. The van der Waals surface area contributed by atoms with E-state index < -0.39 is 0 Å². The highest BCUT2D eigenvalue weighted by Gasteiger charge is 2.07. The molecular weight excluding hydrogens is 190 g/mol. The minimum absolute atomic E-state index is 0.177. The summed E-state index contributed by atoms with van der Waals surface area (Å²) in [7, 11) is 0. The molecular formula is C12H19NO2. The van der Waals surface area contributed by atoms with Gasteiger partial charge in [-0.2, -0.15) is 0 Å². The first-order chi connectivity index (χ1) is 7.17. The highest BCUT2D eigenvalue weighted by atomic mass is 16.3. The van der Waals surface area contributed by atoms with Crippen LogP contribution in [-0.2, 0) is 6.54 Å². The number of ketones is 1. The van der Waals surface area contributed by atoms with Gasteiger partial charge in [-0.1, -0.05) is 13.8 Å². The molecule has 1 atom stereocenters. The minimum atomic E-state index is 0.177. The van der Waals surface area contributed by atoms with Gasteiger partial charge in [-0.05, 0) is 18.4 Å². The summed E-state index contributed by atoms with van der Waals surface area (Å²) in [6.45, 7) is 4.92. The van der Waals surface area contributed by atoms with Gasteiger partial charge >= 0.3 is 0 Å². The maximum atomic E-state index is 11.6. The highest BCUT2D eigenvalue weighted by Crippen LogP contribution is 2.08. The van der Waals surface area contributed by atoms with Crippen molar-refractivity contribution in [3.05, 3.63) is 24.0 Å². The Hall–Kier alpha value is -1.09. The van der Waals surface area contributed by atoms with Crippen molar-refractivity contribution in [1.29, 1.82) is 0 Å². The van der Waals surface area contributed by atoms with Gasteiger partial charge in [-0.3, -0.25) is 4.79 Å². The smallest absolute Gasteiger partial charge is 0.164 e. The average molecular weight is 209 g/mol. The summed E-state index contributed by atoms with van der Waals surface area (Å²) >= 11 is 0. The van der Waals surface area contributed by atoms with Crippen LogP contribution in [0.25, 0.3) is 0 Å². The third-order valence-corrected chi connectivity index (χ3v) is 2.38. The molecule has 1 rings (SSSR count). The number of aliphatic hydroxyl groups excluding tert-OH is 1. The van der Waals surface area contributed by atoms with E-state index in [-0.39, 0.29) is 18.3 Å². The average Bonchev–Trinajstić information content (AvgIpc) is 2.66. The maximum Gasteiger partial charge on any atom is 0.164 e. The lowest BCUT2D eigenvalue weighted by molar-refractivity contribution is 0.0981. The summed E-state index contributed by atoms with van der Waals surface area (Å²) < 4.78 is 1.96. The molecule has 0 aliphatic rings. The molecule has 0 aliphatic heterocycles. The molecule has 0 aliphatic carbocycles. The van der Waals surface area contributed by atoms with Gasteiger partial charge in [-0.25, -0.2) is 0 Å². The standard InChI is InChI=1S/C12H19NO2/c1-3-4-12(15)11-5-6-13(8-11)7-10(2)9-14/h5-6,8,10,14H,3-4,7,9H2,1-2H3. The molecule has 1 aromatic heterocycles. The molecule has 0 aromatic carbocycles. The van der Waals surface area contributed by atoms with Crippen molar-refractivity contribution in [2.24, 2.45) is 5.92 Å². The van der Waals surface area contributed by atoms with Crippen LogP contribution in [0.4, 0.5) is 0 Å². The largest absolute Gasteiger partial charge is 0.396 e. The van der Waals surface area contributed by atoms with Gasteiger partial charge in [-0.15, -0.1) is 0 Å². The molecule has 1 heterocycles. The van der Waals surface area contributed by atoms with Crippen molar-refractivity contribution >= 4 is 5.78 Å². The van der Waals surface area contributed by atoms with E-state index in [9.17, 15) is 4.79 Å². The van der Waals surface area contributed by atoms with Gasteiger partial charge in [0.2, 0.25) is 0 Å². The first-order valence-electron chi connectivity index (χ1n) is 5.47. The van der Waals surface area contributed by atoms with Crippen LogP contribution in [0.2, 0.25) is 0 Å². The molecule has 0 bridgehead atoms. The predicted molar refractivity (Wildman–Crippen MR) is 59.9 cm³/mol. The molecule has 1 aromatic rings. The third kappa shape index (κ3) is 3.51. The summed E-state index contributed by atoms with van der Waals surface area (Å²) in [5, 5.41) is 8.92. The second kappa shape index (κ2) is 5.71. The van der Waals surface area contributed by atoms with Crippen LogP contribution in [0.5, 0.6) is 0 Å². The summed E-state index contributed by atoms with van der Waals surface area (Å²) in [5.74, 6) is 0.430. The van der Waals surface area contributed by atoms with E-state index in [0.717, 1.165) is 18.5 Å². The van der Waals surface area contributed by atoms with Crippen molar-refractivity contribution in [2.45, 2.75) is 33.2 Å². The van der Waals surface area contributed by atoms with Gasteiger partial charge in [0, 0.05) is 37.5 Å². The SMILES string of the molecule is CCCC(=O)c1ccn(CC(C)CO)c1. The van der Waals surface area contributed by atoms with Gasteiger partial charge in [0.05, 0.1) is 0 Å². The lowest BCUT2D eigenvalue weighted by atomic mass is 10.1. The van der Waals surface area contributed by atoms with Crippen LogP contribution in [0, 0.1) is 5.92 Å². The molecule has 1 N–H and O–H groups in total. The predicted octanol–water partition coefficient (Wildman–Crippen LogP) is 2.10. The van der Waals surface area contributed by atoms with Crippen molar-refractivity contribution in [1.82, 2.24) is 4.57 Å². The molecule has 0 amide bonds. The fraction of sp³-hybridized carbons (Fsp3) is 0.583. The lowest BCUT2D eigenvalue weighted by Gasteiger charge is -2.08. The zero-order valence-corrected chi connectivity index (χ0v) is 9.44. The summed E-state index contributed by atoms with van der Waals surface area (Å²) in [5.41, 5.74) is 0.780. The Morgan fingerprint density at radius 3 is 2.93 bits per heavy atom. The van der Waals surface area contributed by atoms with E-state index >= 15 is 0 Å². The lowest BCUT2D eigenvalue weighted by Crippen LogP contribution is -2.09. The third-order valence-electron chi connectivity index (χ3n) is 2.38. The van der Waals surface area contributed by atoms with Crippen molar-refractivity contribution < 1.29 is 9.90 Å². The molecule has 15 heavy (non-hydrogen) atoms. The van der Waals surface area contributed by atoms with E-state index in [1.54, 1.807) is 0 Å². The zero-order valence-electron chi connectivity index (χ0n) is 9.44. The van der Waals surface area contributed by atoms with Crippen LogP contribution in [-0.4, -0.2) is 22.1 Å². The van der Waals surface area contributed by atoms with Gasteiger partial charge in [0.15, 0.2) is 5.78 Å². The zero-order chi connectivity index (χ0) is 11.3. The molecule has 0 radical (unpaired) electrons. The Bertz CT molecular complexity index is 317. The summed E-state index contributed by atoms with van der Waals surface area (Å²) in [6, 6.07) is 1.85.